The van der Waals surface area contributed by atoms with Crippen molar-refractivity contribution < 1.29 is 23.5 Å². The van der Waals surface area contributed by atoms with Crippen LogP contribution in [0.2, 0.25) is 18.1 Å². The molecule has 32 heavy (non-hydrogen) atoms. The molecule has 0 aromatic heterocycles. The molecule has 5 aliphatic rings. The molecule has 0 radical (unpaired) electrons. The summed E-state index contributed by atoms with van der Waals surface area (Å²) in [5.74, 6) is 1.09. The first-order chi connectivity index (χ1) is 15.0. The van der Waals surface area contributed by atoms with Gasteiger partial charge in [0.2, 0.25) is 0 Å². The van der Waals surface area contributed by atoms with Crippen LogP contribution in [0.15, 0.2) is 30.3 Å². The molecule has 0 amide bonds. The summed E-state index contributed by atoms with van der Waals surface area (Å²) < 4.78 is 18.3. The maximum atomic E-state index is 13.2. The Bertz CT molecular complexity index is 922. The maximum absolute atomic E-state index is 13.2. The Labute approximate surface area is 192 Å². The lowest BCUT2D eigenvalue weighted by Crippen LogP contribution is -2.44. The van der Waals surface area contributed by atoms with Gasteiger partial charge < -0.3 is 13.9 Å². The molecule has 6 heteroatoms. The molecule has 174 valence electrons. The van der Waals surface area contributed by atoms with Crippen LogP contribution in [0.1, 0.15) is 50.4 Å². The summed E-state index contributed by atoms with van der Waals surface area (Å²) >= 11 is 0. The van der Waals surface area contributed by atoms with Gasteiger partial charge in [0.15, 0.2) is 8.32 Å². The van der Waals surface area contributed by atoms with E-state index in [0.29, 0.717) is 29.2 Å². The molecule has 0 saturated heterocycles. The van der Waals surface area contributed by atoms with Crippen molar-refractivity contribution in [3.05, 3.63) is 35.9 Å². The minimum atomic E-state index is -1.91. The quantitative estimate of drug-likeness (QED) is 0.457. The van der Waals surface area contributed by atoms with E-state index in [0.717, 1.165) is 19.3 Å². The average molecular weight is 457 g/mol. The Morgan fingerprint density at radius 3 is 2.38 bits per heavy atom. The Morgan fingerprint density at radius 2 is 1.75 bits per heavy atom. The van der Waals surface area contributed by atoms with Gasteiger partial charge in [-0.15, -0.1) is 0 Å². The van der Waals surface area contributed by atoms with Gasteiger partial charge in [0.25, 0.3) is 0 Å². The lowest BCUT2D eigenvalue weighted by molar-refractivity contribution is -0.157. The molecule has 0 spiro atoms. The van der Waals surface area contributed by atoms with Crippen molar-refractivity contribution in [2.45, 2.75) is 70.4 Å². The van der Waals surface area contributed by atoms with Gasteiger partial charge in [-0.3, -0.25) is 4.79 Å². The lowest BCUT2D eigenvalue weighted by Gasteiger charge is -2.40. The Morgan fingerprint density at radius 1 is 1.06 bits per heavy atom. The Hall–Kier alpha value is -1.66. The van der Waals surface area contributed by atoms with Crippen LogP contribution >= 0.6 is 0 Å². The smallest absolute Gasteiger partial charge is 0.338 e. The van der Waals surface area contributed by atoms with Crippen molar-refractivity contribution in [1.29, 1.82) is 0 Å². The van der Waals surface area contributed by atoms with E-state index in [4.69, 9.17) is 13.9 Å². The largest absolute Gasteiger partial charge is 0.469 e. The number of hydrogen-bond donors (Lipinski definition) is 0. The van der Waals surface area contributed by atoms with Crippen LogP contribution in [-0.4, -0.2) is 39.6 Å². The van der Waals surface area contributed by atoms with Crippen LogP contribution in [-0.2, 0) is 18.7 Å². The molecule has 6 rings (SSSR count). The van der Waals surface area contributed by atoms with E-state index in [2.05, 4.69) is 33.9 Å². The molecular weight excluding hydrogens is 420 g/mol. The SMILES string of the molecule is COC(=O)[C@@]12CC[C@@H](O[Si](C)(C)C(C)(C)C)C[C@@H]3[C@H]4[C@@H]([C@H](OC(=O)c5ccccc5)[C@@H]31)[C@H]42. The fraction of sp³-hybridized carbons (Fsp3) is 0.692. The number of carbonyl (C=O) groups excluding carboxylic acids is 2. The summed E-state index contributed by atoms with van der Waals surface area (Å²) in [7, 11) is -0.409. The summed E-state index contributed by atoms with van der Waals surface area (Å²) in [5.41, 5.74) is 0.0603. The van der Waals surface area contributed by atoms with Crippen molar-refractivity contribution >= 4 is 20.3 Å². The van der Waals surface area contributed by atoms with Crippen molar-refractivity contribution in [1.82, 2.24) is 0 Å². The lowest BCUT2D eigenvalue weighted by atomic mass is 9.73. The highest BCUT2D eigenvalue weighted by Crippen LogP contribution is 2.84. The van der Waals surface area contributed by atoms with E-state index in [1.807, 2.05) is 18.2 Å². The molecule has 0 unspecified atom stereocenters. The van der Waals surface area contributed by atoms with E-state index in [-0.39, 0.29) is 35.1 Å². The van der Waals surface area contributed by atoms with Crippen LogP contribution in [0.3, 0.4) is 0 Å². The van der Waals surface area contributed by atoms with Crippen LogP contribution in [0, 0.1) is 35.0 Å². The molecule has 0 N–H and O–H groups in total. The summed E-state index contributed by atoms with van der Waals surface area (Å²) in [6.45, 7) is 11.4. The van der Waals surface area contributed by atoms with E-state index in [1.54, 1.807) is 12.1 Å². The second kappa shape index (κ2) is 7.17. The first-order valence-corrected chi connectivity index (χ1v) is 15.0. The van der Waals surface area contributed by atoms with Crippen molar-refractivity contribution in [3.8, 4) is 0 Å². The molecule has 5 fully saturated rings. The van der Waals surface area contributed by atoms with Gasteiger partial charge in [-0.05, 0) is 67.3 Å². The van der Waals surface area contributed by atoms with Gasteiger partial charge >= 0.3 is 11.9 Å². The molecule has 0 heterocycles. The maximum Gasteiger partial charge on any atom is 0.338 e. The fourth-order valence-corrected chi connectivity index (χ4v) is 8.68. The first-order valence-electron chi connectivity index (χ1n) is 12.0. The summed E-state index contributed by atoms with van der Waals surface area (Å²) in [5, 5.41) is 0.149. The van der Waals surface area contributed by atoms with Gasteiger partial charge in [0, 0.05) is 17.9 Å². The number of carbonyl (C=O) groups is 2. The molecule has 5 aliphatic carbocycles. The van der Waals surface area contributed by atoms with Crippen LogP contribution < -0.4 is 0 Å². The molecule has 6 bridgehead atoms. The third-order valence-electron chi connectivity index (χ3n) is 9.51. The van der Waals surface area contributed by atoms with E-state index < -0.39 is 13.7 Å². The highest BCUT2D eigenvalue weighted by Gasteiger charge is 2.87. The van der Waals surface area contributed by atoms with Gasteiger partial charge in [0.05, 0.1) is 18.1 Å². The third kappa shape index (κ3) is 2.98. The average Bonchev–Trinajstić information content (AvgIpc) is 3.25. The standard InChI is InChI=1S/C26H36O5Si/c1-25(2,3)32(5,6)31-16-12-13-26(24(28)29-4)20-17(14-16)18-19(21(18)26)22(20)30-23(27)15-10-8-7-9-11-15/h7-11,16-22H,12-14H2,1-6H3/t16-,17-,18+,19-,20-,21+,22+,26+/m1/s1. The van der Waals surface area contributed by atoms with E-state index in [9.17, 15) is 9.59 Å². The number of hydrogen-bond acceptors (Lipinski definition) is 5. The van der Waals surface area contributed by atoms with Crippen LogP contribution in [0.4, 0.5) is 0 Å². The summed E-state index contributed by atoms with van der Waals surface area (Å²) in [6, 6.07) is 9.17. The molecule has 0 aliphatic heterocycles. The second-order valence-electron chi connectivity index (χ2n) is 11.9. The van der Waals surface area contributed by atoms with E-state index >= 15 is 0 Å². The number of methoxy groups -OCH3 is 1. The van der Waals surface area contributed by atoms with Crippen molar-refractivity contribution in [3.63, 3.8) is 0 Å². The van der Waals surface area contributed by atoms with E-state index in [1.165, 1.54) is 7.11 Å². The minimum absolute atomic E-state index is 0.0515. The van der Waals surface area contributed by atoms with Gasteiger partial charge in [0.1, 0.15) is 6.10 Å². The molecule has 8 atom stereocenters. The zero-order chi connectivity index (χ0) is 23.1. The third-order valence-corrected chi connectivity index (χ3v) is 14.0. The zero-order valence-electron chi connectivity index (χ0n) is 20.1. The number of benzene rings is 1. The second-order valence-corrected chi connectivity index (χ2v) is 16.7. The topological polar surface area (TPSA) is 61.8 Å². The molecular formula is C26H36O5Si. The summed E-state index contributed by atoms with van der Waals surface area (Å²) in [4.78, 5) is 26.1. The van der Waals surface area contributed by atoms with Gasteiger partial charge in [-0.2, -0.15) is 0 Å². The highest BCUT2D eigenvalue weighted by atomic mass is 28.4. The highest BCUT2D eigenvalue weighted by molar-refractivity contribution is 6.74. The van der Waals surface area contributed by atoms with Crippen LogP contribution in [0.5, 0.6) is 0 Å². The molecule has 1 aromatic rings. The predicted molar refractivity (Wildman–Crippen MR) is 123 cm³/mol. The van der Waals surface area contributed by atoms with Gasteiger partial charge in [-0.25, -0.2) is 4.79 Å². The van der Waals surface area contributed by atoms with Crippen molar-refractivity contribution in [2.75, 3.05) is 7.11 Å². The molecule has 5 nitrogen and oxygen atoms in total. The molecule has 1 aromatic carbocycles. The fourth-order valence-electron chi connectivity index (χ4n) is 7.28. The number of rotatable bonds is 5. The predicted octanol–water partition coefficient (Wildman–Crippen LogP) is 5.07. The Balaban J connectivity index is 1.41. The van der Waals surface area contributed by atoms with Crippen LogP contribution in [0.25, 0.3) is 0 Å². The Kier molecular flexibility index (Phi) is 4.96. The minimum Gasteiger partial charge on any atom is -0.469 e. The number of esters is 2. The summed E-state index contributed by atoms with van der Waals surface area (Å²) in [6.07, 6.45) is 2.60. The first kappa shape index (κ1) is 22.1. The zero-order valence-corrected chi connectivity index (χ0v) is 21.1. The number of ether oxygens (including phenoxy) is 2. The normalized spacial score (nSPS) is 39.4. The van der Waals surface area contributed by atoms with Crippen molar-refractivity contribution in [2.24, 2.45) is 35.0 Å². The monoisotopic (exact) mass is 456 g/mol. The molecule has 5 saturated carbocycles. The van der Waals surface area contributed by atoms with Gasteiger partial charge in [-0.1, -0.05) is 39.0 Å².